The van der Waals surface area contributed by atoms with E-state index in [4.69, 9.17) is 4.98 Å². The maximum absolute atomic E-state index is 5.20. The molecule has 7 aromatic carbocycles. The first kappa shape index (κ1) is 24.3. The molecule has 0 saturated heterocycles. The lowest BCUT2D eigenvalue weighted by molar-refractivity contribution is 0.798. The average Bonchev–Trinajstić information content (AvgIpc) is 3.74. The second kappa shape index (κ2) is 8.59. The summed E-state index contributed by atoms with van der Waals surface area (Å²) in [4.78, 5) is 5.20. The van der Waals surface area contributed by atoms with E-state index >= 15 is 0 Å². The van der Waals surface area contributed by atoms with Crippen molar-refractivity contribution in [3.8, 4) is 27.9 Å². The molecule has 0 radical (unpaired) electrons. The predicted molar refractivity (Wildman–Crippen MR) is 190 cm³/mol. The fourth-order valence-electron chi connectivity index (χ4n) is 8.99. The smallest absolute Gasteiger partial charge is 0.0762 e. The van der Waals surface area contributed by atoms with Gasteiger partial charge in [-0.15, -0.1) is 0 Å². The highest BCUT2D eigenvalue weighted by molar-refractivity contribution is 6.19. The fourth-order valence-corrected chi connectivity index (χ4v) is 8.99. The Morgan fingerprint density at radius 1 is 0.435 bits per heavy atom. The third-order valence-corrected chi connectivity index (χ3v) is 10.6. The number of aromatic nitrogens is 2. The highest BCUT2D eigenvalue weighted by atomic mass is 15.0. The van der Waals surface area contributed by atoms with Crippen molar-refractivity contribution in [2.75, 3.05) is 0 Å². The Morgan fingerprint density at radius 2 is 1.00 bits per heavy atom. The number of nitrogens with zero attached hydrogens (tertiary/aromatic N) is 2. The Labute approximate surface area is 265 Å². The van der Waals surface area contributed by atoms with Crippen molar-refractivity contribution >= 4 is 43.5 Å². The van der Waals surface area contributed by atoms with Crippen LogP contribution in [0.25, 0.3) is 71.4 Å². The van der Waals surface area contributed by atoms with Crippen LogP contribution in [0.2, 0.25) is 0 Å². The van der Waals surface area contributed by atoms with Gasteiger partial charge >= 0.3 is 0 Å². The Morgan fingerprint density at radius 3 is 1.76 bits per heavy atom. The van der Waals surface area contributed by atoms with Gasteiger partial charge in [-0.2, -0.15) is 0 Å². The lowest BCUT2D eigenvalue weighted by Gasteiger charge is -2.31. The van der Waals surface area contributed by atoms with Crippen molar-refractivity contribution in [1.82, 2.24) is 9.55 Å². The molecule has 212 valence electrons. The minimum absolute atomic E-state index is 0.511. The second-order valence-corrected chi connectivity index (χ2v) is 12.6. The molecule has 11 rings (SSSR count). The normalized spacial score (nSPS) is 15.9. The number of fused-ring (bicyclic) bond motifs is 18. The third-order valence-electron chi connectivity index (χ3n) is 10.6. The first-order valence-electron chi connectivity index (χ1n) is 16.0. The van der Waals surface area contributed by atoms with Crippen LogP contribution in [-0.4, -0.2) is 9.55 Å². The van der Waals surface area contributed by atoms with Gasteiger partial charge in [0.05, 0.1) is 22.0 Å². The van der Waals surface area contributed by atoms with E-state index in [1.54, 1.807) is 0 Å². The molecule has 1 spiro atoms. The molecular formula is C44H26N2. The van der Waals surface area contributed by atoms with Gasteiger partial charge in [0.15, 0.2) is 0 Å². The summed E-state index contributed by atoms with van der Waals surface area (Å²) in [6.45, 7) is 0. The van der Waals surface area contributed by atoms with E-state index in [1.165, 1.54) is 88.2 Å². The van der Waals surface area contributed by atoms with Crippen LogP contribution in [0.5, 0.6) is 0 Å². The summed E-state index contributed by atoms with van der Waals surface area (Å²) in [5.74, 6) is 0. The van der Waals surface area contributed by atoms with E-state index in [-0.39, 0.29) is 0 Å². The first-order valence-corrected chi connectivity index (χ1v) is 16.0. The fraction of sp³-hybridized carbons (Fsp3) is 0.0227. The molecule has 2 aliphatic carbocycles. The van der Waals surface area contributed by atoms with Gasteiger partial charge in [0.1, 0.15) is 0 Å². The van der Waals surface area contributed by atoms with Gasteiger partial charge in [-0.25, -0.2) is 0 Å². The van der Waals surface area contributed by atoms with Crippen molar-refractivity contribution in [1.29, 1.82) is 0 Å². The lowest BCUT2D eigenvalue weighted by Crippen LogP contribution is -2.26. The van der Waals surface area contributed by atoms with Crippen LogP contribution >= 0.6 is 0 Å². The monoisotopic (exact) mass is 582 g/mol. The Hall–Kier alpha value is -5.99. The van der Waals surface area contributed by atoms with Crippen molar-refractivity contribution in [2.45, 2.75) is 5.41 Å². The van der Waals surface area contributed by atoms with Gasteiger partial charge in [-0.3, -0.25) is 4.98 Å². The molecule has 0 aliphatic heterocycles. The first-order chi connectivity index (χ1) is 22.9. The quantitative estimate of drug-likeness (QED) is 0.176. The lowest BCUT2D eigenvalue weighted by atomic mass is 9.69. The van der Waals surface area contributed by atoms with Gasteiger partial charge in [-0.05, 0) is 80.0 Å². The summed E-state index contributed by atoms with van der Waals surface area (Å²) in [6, 6.07) is 56.0. The van der Waals surface area contributed by atoms with E-state index < -0.39 is 5.41 Å². The molecule has 2 aliphatic rings. The van der Waals surface area contributed by atoms with Crippen molar-refractivity contribution in [3.05, 3.63) is 180 Å². The van der Waals surface area contributed by atoms with E-state index in [0.29, 0.717) is 0 Å². The zero-order chi connectivity index (χ0) is 30.0. The molecule has 0 N–H and O–H groups in total. The summed E-state index contributed by atoms with van der Waals surface area (Å²) < 4.78 is 2.44. The molecule has 1 atom stereocenters. The maximum atomic E-state index is 5.20. The van der Waals surface area contributed by atoms with Crippen LogP contribution in [-0.2, 0) is 5.41 Å². The molecule has 0 amide bonds. The van der Waals surface area contributed by atoms with Crippen LogP contribution in [0.4, 0.5) is 0 Å². The Bertz CT molecular complexity index is 2710. The van der Waals surface area contributed by atoms with E-state index in [1.807, 2.05) is 6.20 Å². The predicted octanol–water partition coefficient (Wildman–Crippen LogP) is 10.8. The molecule has 2 heterocycles. The third kappa shape index (κ3) is 2.77. The van der Waals surface area contributed by atoms with Crippen molar-refractivity contribution in [2.24, 2.45) is 0 Å². The topological polar surface area (TPSA) is 17.8 Å². The second-order valence-electron chi connectivity index (χ2n) is 12.6. The minimum atomic E-state index is -0.511. The van der Waals surface area contributed by atoms with Crippen LogP contribution in [0.3, 0.4) is 0 Å². The Kier molecular flexibility index (Phi) is 4.55. The van der Waals surface area contributed by atoms with E-state index in [2.05, 4.69) is 156 Å². The van der Waals surface area contributed by atoms with Crippen LogP contribution in [0.15, 0.2) is 158 Å². The SMILES string of the molecule is c1ccc2c(c1)-c1ccc(-n3c4ccccc4c4ccccc43)cc1C21c2ccccc2-c2c1c1ncccc1c1ccccc21. The molecule has 46 heavy (non-hydrogen) atoms. The van der Waals surface area contributed by atoms with Gasteiger partial charge in [0, 0.05) is 33.6 Å². The Balaban J connectivity index is 1.35. The molecule has 0 bridgehead atoms. The van der Waals surface area contributed by atoms with Crippen LogP contribution < -0.4 is 0 Å². The summed E-state index contributed by atoms with van der Waals surface area (Å²) in [5.41, 5.74) is 14.7. The van der Waals surface area contributed by atoms with Gasteiger partial charge in [0.2, 0.25) is 0 Å². The molecule has 2 nitrogen and oxygen atoms in total. The minimum Gasteiger partial charge on any atom is -0.309 e. The van der Waals surface area contributed by atoms with Gasteiger partial charge in [0.25, 0.3) is 0 Å². The molecule has 2 aromatic heterocycles. The standard InChI is InChI=1S/C44H26N2/c1-2-16-33-28(12-1)34-18-11-25-45-43(34)42-41(33)35-17-4-8-20-37(35)44(42)36-19-7-3-13-29(36)30-24-23-27(26-38(30)44)46-39-21-9-5-14-31(39)32-15-6-10-22-40(32)46/h1-26H. The van der Waals surface area contributed by atoms with Crippen LogP contribution in [0.1, 0.15) is 22.3 Å². The summed E-state index contributed by atoms with van der Waals surface area (Å²) in [6.07, 6.45) is 1.96. The average molecular weight is 583 g/mol. The summed E-state index contributed by atoms with van der Waals surface area (Å²) >= 11 is 0. The summed E-state index contributed by atoms with van der Waals surface area (Å²) in [7, 11) is 0. The molecule has 2 heteroatoms. The largest absolute Gasteiger partial charge is 0.309 e. The van der Waals surface area contributed by atoms with Crippen molar-refractivity contribution in [3.63, 3.8) is 0 Å². The zero-order valence-electron chi connectivity index (χ0n) is 24.9. The zero-order valence-corrected chi connectivity index (χ0v) is 24.9. The van der Waals surface area contributed by atoms with E-state index in [9.17, 15) is 0 Å². The highest BCUT2D eigenvalue weighted by Gasteiger charge is 2.53. The van der Waals surface area contributed by atoms with Crippen LogP contribution in [0, 0.1) is 0 Å². The maximum Gasteiger partial charge on any atom is 0.0762 e. The number of hydrogen-bond donors (Lipinski definition) is 0. The van der Waals surface area contributed by atoms with Gasteiger partial charge in [-0.1, -0.05) is 121 Å². The number of pyridine rings is 1. The highest BCUT2D eigenvalue weighted by Crippen LogP contribution is 2.65. The number of rotatable bonds is 1. The molecule has 1 unspecified atom stereocenters. The molecular weight excluding hydrogens is 556 g/mol. The molecule has 0 fully saturated rings. The summed E-state index contributed by atoms with van der Waals surface area (Å²) in [5, 5.41) is 6.28. The van der Waals surface area contributed by atoms with E-state index in [0.717, 1.165) is 5.52 Å². The van der Waals surface area contributed by atoms with Crippen molar-refractivity contribution < 1.29 is 0 Å². The molecule has 9 aromatic rings. The number of para-hydroxylation sites is 2. The number of benzene rings is 7. The molecule has 0 saturated carbocycles. The number of hydrogen-bond acceptors (Lipinski definition) is 1. The van der Waals surface area contributed by atoms with Gasteiger partial charge < -0.3 is 4.57 Å².